The highest BCUT2D eigenvalue weighted by molar-refractivity contribution is 5.67. The predicted molar refractivity (Wildman–Crippen MR) is 557 cm³/mol. The van der Waals surface area contributed by atoms with E-state index in [2.05, 4.69) is 95.4 Å². The number of allylic oxidation sites excluding steroid dienone is 10. The van der Waals surface area contributed by atoms with Crippen LogP contribution in [0.3, 0.4) is 0 Å². The van der Waals surface area contributed by atoms with E-state index in [1.807, 2.05) is 0 Å². The fraction of sp³-hybridized carbons (Fsp3) is 0.861. The lowest BCUT2D eigenvalue weighted by Gasteiger charge is -1.99. The summed E-state index contributed by atoms with van der Waals surface area (Å²) in [5, 5.41) is 187. The number of hydrogen-bond donors (Lipinski definition) is 23. The lowest BCUT2D eigenvalue weighted by molar-refractivity contribution is -0.138. The summed E-state index contributed by atoms with van der Waals surface area (Å²) in [6, 6.07) is 0. The molecule has 0 aromatic carbocycles. The van der Waals surface area contributed by atoms with Crippen molar-refractivity contribution in [1.82, 2.24) is 0 Å². The number of rotatable bonds is 87. The van der Waals surface area contributed by atoms with E-state index in [0.717, 1.165) is 64.2 Å². The fourth-order valence-corrected chi connectivity index (χ4v) is 12.1. The molecular formula is C108H218O28. The average molecular weight is 1960 g/mol. The van der Waals surface area contributed by atoms with Crippen LogP contribution in [0.4, 0.5) is 0 Å². The van der Waals surface area contributed by atoms with E-state index in [-0.39, 0.29) is 79.3 Å². The Labute approximate surface area is 827 Å². The summed E-state index contributed by atoms with van der Waals surface area (Å²) in [6.07, 6.45) is 100. The van der Waals surface area contributed by atoms with Crippen LogP contribution in [0.2, 0.25) is 0 Å². The molecule has 28 heteroatoms. The number of carboxylic acid groups (broad SMARTS) is 5. The van der Waals surface area contributed by atoms with Crippen molar-refractivity contribution in [1.29, 1.82) is 0 Å². The van der Waals surface area contributed by atoms with Gasteiger partial charge in [0.2, 0.25) is 0 Å². The van der Waals surface area contributed by atoms with Crippen LogP contribution >= 0.6 is 0 Å². The molecule has 0 rings (SSSR count). The number of aliphatic hydroxyl groups excluding tert-OH is 18. The highest BCUT2D eigenvalue weighted by Crippen LogP contribution is 2.17. The highest BCUT2D eigenvalue weighted by Gasteiger charge is 2.04. The van der Waals surface area contributed by atoms with Gasteiger partial charge in [-0.1, -0.05) is 352 Å². The normalized spacial score (nSPS) is 10.9. The van der Waals surface area contributed by atoms with Crippen molar-refractivity contribution in [3.8, 4) is 0 Å². The van der Waals surface area contributed by atoms with Crippen LogP contribution in [0.5, 0.6) is 0 Å². The molecule has 818 valence electrons. The number of carbonyl (C=O) groups is 5. The molecule has 0 heterocycles. The Morgan fingerprint density at radius 2 is 0.228 bits per heavy atom. The zero-order valence-corrected chi connectivity index (χ0v) is 87.0. The van der Waals surface area contributed by atoms with Gasteiger partial charge in [-0.2, -0.15) is 0 Å². The van der Waals surface area contributed by atoms with Gasteiger partial charge in [0.1, 0.15) is 36.6 Å². The topological polar surface area (TPSA) is 551 Å². The van der Waals surface area contributed by atoms with Crippen LogP contribution in [0.1, 0.15) is 484 Å². The van der Waals surface area contributed by atoms with Crippen LogP contribution in [-0.4, -0.2) is 263 Å². The number of aliphatic carboxylic acids is 5. The molecule has 0 saturated carbocycles. The molecule has 0 aliphatic rings. The summed E-state index contributed by atoms with van der Waals surface area (Å²) in [4.78, 5) is 51.6. The van der Waals surface area contributed by atoms with Gasteiger partial charge < -0.3 is 117 Å². The lowest BCUT2D eigenvalue weighted by Crippen LogP contribution is -2.15. The van der Waals surface area contributed by atoms with Gasteiger partial charge in [-0.05, 0) is 161 Å². The SMILES string of the molecule is CCCCCCCC/C=C\CCCCCCCC(=O)O.CCCCCCCC/C=C\CCCCCCCC(=O)O.CCCCCCCC/C=C\CCCCCCCC(=O)O.CCCCCCCC/C=C\CCCCCCCC(=O)O.CCCCCCCC/C=C\CCCCCCCC(=O)O.OCC(O)CO.OCC(O)CO.OCC(O)CO.OCC(O)CO.OCC(O)CO.OCC(O)CO. The van der Waals surface area contributed by atoms with Crippen LogP contribution in [0.25, 0.3) is 0 Å². The van der Waals surface area contributed by atoms with Crippen molar-refractivity contribution < 1.29 is 141 Å². The number of unbranched alkanes of at least 4 members (excludes halogenated alkanes) is 55. The minimum atomic E-state index is -0.954. The van der Waals surface area contributed by atoms with E-state index < -0.39 is 66.5 Å². The lowest BCUT2D eigenvalue weighted by atomic mass is 10.1. The molecule has 0 atom stereocenters. The molecule has 0 fully saturated rings. The maximum Gasteiger partial charge on any atom is 0.303 e. The van der Waals surface area contributed by atoms with Gasteiger partial charge in [-0.25, -0.2) is 0 Å². The summed E-state index contributed by atoms with van der Waals surface area (Å²) in [6.45, 7) is 6.92. The predicted octanol–water partition coefficient (Wildman–Crippen LogP) is 20.5. The summed E-state index contributed by atoms with van der Waals surface area (Å²) >= 11 is 0. The summed E-state index contributed by atoms with van der Waals surface area (Å²) in [7, 11) is 0. The van der Waals surface area contributed by atoms with Crippen LogP contribution < -0.4 is 0 Å². The second kappa shape index (κ2) is 151. The van der Waals surface area contributed by atoms with Crippen molar-refractivity contribution >= 4 is 29.8 Å². The first-order valence-corrected chi connectivity index (χ1v) is 53.4. The van der Waals surface area contributed by atoms with Crippen molar-refractivity contribution in [2.45, 2.75) is 521 Å². The first-order chi connectivity index (χ1) is 65.7. The Morgan fingerprint density at radius 1 is 0.147 bits per heavy atom. The van der Waals surface area contributed by atoms with Crippen molar-refractivity contribution in [3.63, 3.8) is 0 Å². The highest BCUT2D eigenvalue weighted by atomic mass is 16.4. The molecule has 0 bridgehead atoms. The van der Waals surface area contributed by atoms with Gasteiger partial charge in [-0.3, -0.25) is 24.0 Å². The third-order valence-electron chi connectivity index (χ3n) is 20.8. The number of hydrogen-bond acceptors (Lipinski definition) is 23. The molecule has 0 unspecified atom stereocenters. The Hall–Kier alpha value is -4.67. The van der Waals surface area contributed by atoms with E-state index in [9.17, 15) is 24.0 Å². The first kappa shape index (κ1) is 154. The molecule has 28 nitrogen and oxygen atoms in total. The molecule has 0 aliphatic carbocycles. The molecule has 136 heavy (non-hydrogen) atoms. The zero-order valence-electron chi connectivity index (χ0n) is 87.0. The van der Waals surface area contributed by atoms with Crippen molar-refractivity contribution in [2.75, 3.05) is 79.3 Å². The Bertz CT molecular complexity index is 1920. The van der Waals surface area contributed by atoms with Crippen molar-refractivity contribution in [2.24, 2.45) is 0 Å². The Morgan fingerprint density at radius 3 is 0.301 bits per heavy atom. The summed E-state index contributed by atoms with van der Waals surface area (Å²) in [5.74, 6) is -3.32. The van der Waals surface area contributed by atoms with Crippen molar-refractivity contribution in [3.05, 3.63) is 60.8 Å². The largest absolute Gasteiger partial charge is 0.481 e. The summed E-state index contributed by atoms with van der Waals surface area (Å²) < 4.78 is 0. The molecule has 0 saturated heterocycles. The molecule has 23 N–H and O–H groups in total. The molecule has 0 aromatic rings. The quantitative estimate of drug-likeness (QED) is 0.0199. The second-order valence-corrected chi connectivity index (χ2v) is 34.8. The third-order valence-corrected chi connectivity index (χ3v) is 20.8. The molecule has 0 spiro atoms. The minimum Gasteiger partial charge on any atom is -0.481 e. The average Bonchev–Trinajstić information content (AvgIpc) is 0.819. The maximum absolute atomic E-state index is 10.3. The number of aliphatic hydroxyl groups is 18. The molecule has 0 radical (unpaired) electrons. The van der Waals surface area contributed by atoms with Gasteiger partial charge in [0.05, 0.1) is 79.3 Å². The van der Waals surface area contributed by atoms with Gasteiger partial charge in [0.25, 0.3) is 0 Å². The maximum atomic E-state index is 10.3. The number of carboxylic acids is 5. The molecular weight excluding hydrogens is 1750 g/mol. The van der Waals surface area contributed by atoms with E-state index in [0.29, 0.717) is 32.1 Å². The zero-order chi connectivity index (χ0) is 104. The smallest absolute Gasteiger partial charge is 0.303 e. The molecule has 0 aromatic heterocycles. The van der Waals surface area contributed by atoms with Gasteiger partial charge in [-0.15, -0.1) is 0 Å². The van der Waals surface area contributed by atoms with Crippen LogP contribution in [-0.2, 0) is 24.0 Å². The van der Waals surface area contributed by atoms with Crippen LogP contribution in [0, 0.1) is 0 Å². The monoisotopic (exact) mass is 1960 g/mol. The van der Waals surface area contributed by atoms with Gasteiger partial charge in [0, 0.05) is 32.1 Å². The standard InChI is InChI=1S/5C18H34O2.6C3H8O3/c5*1-2-3-4-5-6-7-8-9-10-11-12-13-14-15-16-17-18(19)20;6*4-1-3(6)2-5/h5*9-10H,2-8,11-17H2,1H3,(H,19,20);6*3-6H,1-2H2/b5*10-9-;;;;;;. The van der Waals surface area contributed by atoms with Gasteiger partial charge >= 0.3 is 29.8 Å². The van der Waals surface area contributed by atoms with E-state index in [4.69, 9.17) is 117 Å². The third kappa shape index (κ3) is 196. The first-order valence-electron chi connectivity index (χ1n) is 53.4. The fourth-order valence-electron chi connectivity index (χ4n) is 12.1. The second-order valence-electron chi connectivity index (χ2n) is 34.8. The molecule has 0 amide bonds. The van der Waals surface area contributed by atoms with Crippen LogP contribution in [0.15, 0.2) is 60.8 Å². The Balaban J connectivity index is -0.000000146. The van der Waals surface area contributed by atoms with E-state index >= 15 is 0 Å². The summed E-state index contributed by atoms with van der Waals surface area (Å²) in [5.41, 5.74) is 0. The van der Waals surface area contributed by atoms with E-state index in [1.165, 1.54) is 353 Å². The molecule has 0 aliphatic heterocycles. The van der Waals surface area contributed by atoms with Gasteiger partial charge in [0.15, 0.2) is 0 Å². The Kier molecular flexibility index (Phi) is 171. The minimum absolute atomic E-state index is 0.332. The van der Waals surface area contributed by atoms with E-state index in [1.54, 1.807) is 0 Å².